The van der Waals surface area contributed by atoms with Gasteiger partial charge in [-0.3, -0.25) is 4.79 Å². The summed E-state index contributed by atoms with van der Waals surface area (Å²) in [5.41, 5.74) is 4.64. The third-order valence-electron chi connectivity index (χ3n) is 4.06. The first-order chi connectivity index (χ1) is 9.29. The Morgan fingerprint density at radius 2 is 1.89 bits per heavy atom. The Bertz CT molecular complexity index is 598. The Morgan fingerprint density at radius 3 is 2.63 bits per heavy atom. The van der Waals surface area contributed by atoms with Crippen molar-refractivity contribution >= 4 is 5.78 Å². The Labute approximate surface area is 114 Å². The van der Waals surface area contributed by atoms with Crippen molar-refractivity contribution in [3.05, 3.63) is 70.8 Å². The predicted molar refractivity (Wildman–Crippen MR) is 77.7 cm³/mol. The van der Waals surface area contributed by atoms with Crippen LogP contribution in [0.1, 0.15) is 46.3 Å². The summed E-state index contributed by atoms with van der Waals surface area (Å²) in [6.45, 7) is 2.15. The molecule has 0 aliphatic heterocycles. The Balaban J connectivity index is 1.97. The van der Waals surface area contributed by atoms with Gasteiger partial charge in [-0.25, -0.2) is 0 Å². The second kappa shape index (κ2) is 5.00. The number of hydrogen-bond donors (Lipinski definition) is 0. The zero-order valence-electron chi connectivity index (χ0n) is 11.2. The molecular weight excluding hydrogens is 232 g/mol. The molecule has 0 spiro atoms. The third kappa shape index (κ3) is 2.21. The second-order valence-electron chi connectivity index (χ2n) is 5.21. The topological polar surface area (TPSA) is 17.1 Å². The summed E-state index contributed by atoms with van der Waals surface area (Å²) in [6, 6.07) is 16.5. The van der Waals surface area contributed by atoms with Crippen LogP contribution in [0.15, 0.2) is 48.5 Å². The molecular formula is C18H18O. The van der Waals surface area contributed by atoms with Gasteiger partial charge >= 0.3 is 0 Å². The van der Waals surface area contributed by atoms with E-state index in [2.05, 4.69) is 31.2 Å². The van der Waals surface area contributed by atoms with Crippen molar-refractivity contribution in [3.8, 4) is 0 Å². The molecule has 0 radical (unpaired) electrons. The number of rotatable bonds is 2. The van der Waals surface area contributed by atoms with Crippen LogP contribution >= 0.6 is 0 Å². The van der Waals surface area contributed by atoms with Crippen molar-refractivity contribution < 1.29 is 4.79 Å². The summed E-state index contributed by atoms with van der Waals surface area (Å²) in [4.78, 5) is 12.6. The fourth-order valence-electron chi connectivity index (χ4n) is 2.94. The number of benzene rings is 2. The first kappa shape index (κ1) is 12.2. The molecule has 0 bridgehead atoms. The molecule has 1 unspecified atom stereocenters. The highest BCUT2D eigenvalue weighted by Gasteiger charge is 2.28. The number of carbonyl (C=O) groups is 1. The average molecular weight is 250 g/mol. The van der Waals surface area contributed by atoms with Crippen LogP contribution in [0.2, 0.25) is 0 Å². The van der Waals surface area contributed by atoms with Crippen LogP contribution in [0, 0.1) is 0 Å². The molecule has 0 saturated carbocycles. The van der Waals surface area contributed by atoms with E-state index in [1.807, 2.05) is 24.3 Å². The van der Waals surface area contributed by atoms with Gasteiger partial charge in [-0.2, -0.15) is 0 Å². The van der Waals surface area contributed by atoms with Gasteiger partial charge in [-0.1, -0.05) is 55.5 Å². The number of hydrogen-bond acceptors (Lipinski definition) is 1. The van der Waals surface area contributed by atoms with Gasteiger partial charge in [0.1, 0.15) is 0 Å². The van der Waals surface area contributed by atoms with Gasteiger partial charge in [0.25, 0.3) is 0 Å². The van der Waals surface area contributed by atoms with Crippen LogP contribution in [-0.2, 0) is 12.8 Å². The lowest BCUT2D eigenvalue weighted by Gasteiger charge is -2.24. The Kier molecular flexibility index (Phi) is 3.20. The molecule has 1 aliphatic rings. The summed E-state index contributed by atoms with van der Waals surface area (Å²) in [6.07, 6.45) is 2.97. The molecule has 1 heteroatoms. The highest BCUT2D eigenvalue weighted by atomic mass is 16.1. The zero-order valence-corrected chi connectivity index (χ0v) is 11.2. The molecule has 1 aliphatic carbocycles. The van der Waals surface area contributed by atoms with E-state index < -0.39 is 0 Å². The lowest BCUT2D eigenvalue weighted by Crippen LogP contribution is -2.21. The fourth-order valence-corrected chi connectivity index (χ4v) is 2.94. The van der Waals surface area contributed by atoms with Gasteiger partial charge in [0.2, 0.25) is 0 Å². The van der Waals surface area contributed by atoms with Gasteiger partial charge in [-0.15, -0.1) is 0 Å². The quantitative estimate of drug-likeness (QED) is 0.782. The molecule has 19 heavy (non-hydrogen) atoms. The summed E-state index contributed by atoms with van der Waals surface area (Å²) >= 11 is 0. The smallest absolute Gasteiger partial charge is 0.170 e. The molecule has 0 N–H and O–H groups in total. The SMILES string of the molecule is CCc1ccc2c(c1)CCC(c1ccccc1)C2=O. The van der Waals surface area contributed by atoms with Crippen molar-refractivity contribution in [2.24, 2.45) is 0 Å². The molecule has 2 aromatic carbocycles. The molecule has 0 fully saturated rings. The summed E-state index contributed by atoms with van der Waals surface area (Å²) < 4.78 is 0. The molecule has 0 saturated heterocycles. The van der Waals surface area contributed by atoms with Crippen LogP contribution in [0.5, 0.6) is 0 Å². The monoisotopic (exact) mass is 250 g/mol. The van der Waals surface area contributed by atoms with Gasteiger partial charge in [0.05, 0.1) is 0 Å². The molecule has 1 nitrogen and oxygen atoms in total. The number of carbonyl (C=O) groups excluding carboxylic acids is 1. The average Bonchev–Trinajstić information content (AvgIpc) is 2.48. The van der Waals surface area contributed by atoms with E-state index in [4.69, 9.17) is 0 Å². The lowest BCUT2D eigenvalue weighted by molar-refractivity contribution is 0.0946. The largest absolute Gasteiger partial charge is 0.293 e. The molecule has 1 atom stereocenters. The number of fused-ring (bicyclic) bond motifs is 1. The Hall–Kier alpha value is -1.89. The zero-order chi connectivity index (χ0) is 13.2. The van der Waals surface area contributed by atoms with Crippen molar-refractivity contribution in [3.63, 3.8) is 0 Å². The minimum Gasteiger partial charge on any atom is -0.293 e. The number of Topliss-reactive ketones (excluding diaryl/α,β-unsaturated/α-hetero) is 1. The maximum absolute atomic E-state index is 12.6. The predicted octanol–water partition coefficient (Wildman–Crippen LogP) is 4.16. The molecule has 96 valence electrons. The molecule has 3 rings (SSSR count). The van der Waals surface area contributed by atoms with Gasteiger partial charge < -0.3 is 0 Å². The van der Waals surface area contributed by atoms with E-state index in [0.717, 1.165) is 30.4 Å². The maximum atomic E-state index is 12.6. The van der Waals surface area contributed by atoms with E-state index in [9.17, 15) is 4.79 Å². The van der Waals surface area contributed by atoms with Crippen molar-refractivity contribution in [1.29, 1.82) is 0 Å². The highest BCUT2D eigenvalue weighted by Crippen LogP contribution is 2.33. The third-order valence-corrected chi connectivity index (χ3v) is 4.06. The standard InChI is InChI=1S/C18H18O/c1-2-13-8-10-17-15(12-13)9-11-16(18(17)19)14-6-4-3-5-7-14/h3-8,10,12,16H,2,9,11H2,1H3. The highest BCUT2D eigenvalue weighted by molar-refractivity contribution is 6.03. The minimum atomic E-state index is 0.0428. The minimum absolute atomic E-state index is 0.0428. The first-order valence-electron chi connectivity index (χ1n) is 7.00. The van der Waals surface area contributed by atoms with Gasteiger partial charge in [0, 0.05) is 11.5 Å². The van der Waals surface area contributed by atoms with Crippen LogP contribution in [0.4, 0.5) is 0 Å². The van der Waals surface area contributed by atoms with Crippen LogP contribution in [0.3, 0.4) is 0 Å². The van der Waals surface area contributed by atoms with E-state index in [1.165, 1.54) is 11.1 Å². The van der Waals surface area contributed by atoms with Crippen LogP contribution in [0.25, 0.3) is 0 Å². The molecule has 0 aromatic heterocycles. The summed E-state index contributed by atoms with van der Waals surface area (Å²) in [5.74, 6) is 0.330. The number of ketones is 1. The lowest BCUT2D eigenvalue weighted by atomic mass is 9.78. The van der Waals surface area contributed by atoms with Crippen molar-refractivity contribution in [1.82, 2.24) is 0 Å². The van der Waals surface area contributed by atoms with E-state index >= 15 is 0 Å². The van der Waals surface area contributed by atoms with E-state index in [0.29, 0.717) is 0 Å². The normalized spacial score (nSPS) is 18.2. The maximum Gasteiger partial charge on any atom is 0.170 e. The van der Waals surface area contributed by atoms with Gasteiger partial charge in [0.15, 0.2) is 5.78 Å². The fraction of sp³-hybridized carbons (Fsp3) is 0.278. The van der Waals surface area contributed by atoms with Gasteiger partial charge in [-0.05, 0) is 36.0 Å². The molecule has 2 aromatic rings. The summed E-state index contributed by atoms with van der Waals surface area (Å²) in [5, 5.41) is 0. The second-order valence-corrected chi connectivity index (χ2v) is 5.21. The van der Waals surface area contributed by atoms with Crippen LogP contribution < -0.4 is 0 Å². The van der Waals surface area contributed by atoms with E-state index in [1.54, 1.807) is 0 Å². The van der Waals surface area contributed by atoms with Crippen molar-refractivity contribution in [2.75, 3.05) is 0 Å². The molecule has 0 heterocycles. The van der Waals surface area contributed by atoms with E-state index in [-0.39, 0.29) is 11.7 Å². The number of aryl methyl sites for hydroxylation is 2. The van der Waals surface area contributed by atoms with Crippen molar-refractivity contribution in [2.45, 2.75) is 32.1 Å². The first-order valence-corrected chi connectivity index (χ1v) is 7.00. The summed E-state index contributed by atoms with van der Waals surface area (Å²) in [7, 11) is 0. The Morgan fingerprint density at radius 1 is 1.11 bits per heavy atom. The molecule has 0 amide bonds. The van der Waals surface area contributed by atoms with Crippen LogP contribution in [-0.4, -0.2) is 5.78 Å².